The highest BCUT2D eigenvalue weighted by Gasteiger charge is 2.22. The zero-order valence-electron chi connectivity index (χ0n) is 15.8. The Morgan fingerprint density at radius 2 is 1.81 bits per heavy atom. The summed E-state index contributed by atoms with van der Waals surface area (Å²) in [6.07, 6.45) is 0. The van der Waals surface area contributed by atoms with Gasteiger partial charge in [0.1, 0.15) is 0 Å². The second-order valence-corrected chi connectivity index (χ2v) is 6.82. The number of hydrogen-bond acceptors (Lipinski definition) is 4. The summed E-state index contributed by atoms with van der Waals surface area (Å²) < 4.78 is 4.74. The number of anilines is 2. The van der Waals surface area contributed by atoms with Crippen LogP contribution in [0, 0.1) is 6.92 Å². The first-order chi connectivity index (χ1) is 13.1. The lowest BCUT2D eigenvalue weighted by atomic mass is 10.1. The number of aryl methyl sites for hydroxylation is 1. The average molecular weight is 368 g/mol. The standard InChI is InChI=1S/C21H25N3O3/c1-16-8-9-17(21(26)27-2)14-19(16)22-20(25)15-23-10-12-24(13-11-23)18-6-4-3-5-7-18/h3-9,14H,10-13,15H2,1-2H3,(H,22,25)/p+1. The molecule has 1 aliphatic rings. The number of methoxy groups -OCH3 is 1. The van der Waals surface area contributed by atoms with Gasteiger partial charge in [0.2, 0.25) is 0 Å². The van der Waals surface area contributed by atoms with Crippen LogP contribution < -0.4 is 15.1 Å². The molecule has 0 saturated carbocycles. The first-order valence-corrected chi connectivity index (χ1v) is 9.19. The molecule has 0 spiro atoms. The van der Waals surface area contributed by atoms with E-state index in [1.165, 1.54) is 17.7 Å². The smallest absolute Gasteiger partial charge is 0.337 e. The lowest BCUT2D eigenvalue weighted by Crippen LogP contribution is -3.15. The lowest BCUT2D eigenvalue weighted by Gasteiger charge is -2.33. The van der Waals surface area contributed by atoms with Crippen LogP contribution in [-0.4, -0.2) is 51.7 Å². The summed E-state index contributed by atoms with van der Waals surface area (Å²) in [6.45, 7) is 6.03. The van der Waals surface area contributed by atoms with Crippen LogP contribution in [0.1, 0.15) is 15.9 Å². The van der Waals surface area contributed by atoms with Gasteiger partial charge in [-0.15, -0.1) is 0 Å². The summed E-state index contributed by atoms with van der Waals surface area (Å²) in [7, 11) is 1.35. The fourth-order valence-corrected chi connectivity index (χ4v) is 3.32. The zero-order chi connectivity index (χ0) is 19.2. The van der Waals surface area contributed by atoms with Gasteiger partial charge in [-0.25, -0.2) is 4.79 Å². The molecule has 2 aromatic rings. The molecule has 6 nitrogen and oxygen atoms in total. The van der Waals surface area contributed by atoms with Crippen molar-refractivity contribution in [3.8, 4) is 0 Å². The van der Waals surface area contributed by atoms with Crippen molar-refractivity contribution in [1.82, 2.24) is 0 Å². The first kappa shape index (κ1) is 18.9. The molecule has 0 aliphatic carbocycles. The monoisotopic (exact) mass is 368 g/mol. The minimum atomic E-state index is -0.409. The number of ether oxygens (including phenoxy) is 1. The van der Waals surface area contributed by atoms with E-state index in [0.717, 1.165) is 31.7 Å². The third-order valence-corrected chi connectivity index (χ3v) is 4.94. The average Bonchev–Trinajstić information content (AvgIpc) is 2.70. The fourth-order valence-electron chi connectivity index (χ4n) is 3.32. The predicted molar refractivity (Wildman–Crippen MR) is 105 cm³/mol. The molecule has 1 saturated heterocycles. The molecule has 142 valence electrons. The molecule has 0 radical (unpaired) electrons. The fraction of sp³-hybridized carbons (Fsp3) is 0.333. The van der Waals surface area contributed by atoms with E-state index in [-0.39, 0.29) is 5.91 Å². The minimum Gasteiger partial charge on any atom is -0.465 e. The van der Waals surface area contributed by atoms with Crippen molar-refractivity contribution in [3.05, 3.63) is 59.7 Å². The highest BCUT2D eigenvalue weighted by Crippen LogP contribution is 2.17. The number of amides is 1. The number of nitrogens with one attached hydrogen (secondary N) is 2. The van der Waals surface area contributed by atoms with Gasteiger partial charge in [0.25, 0.3) is 5.91 Å². The molecule has 1 amide bonds. The molecule has 2 N–H and O–H groups in total. The summed E-state index contributed by atoms with van der Waals surface area (Å²) in [5.41, 5.74) is 3.24. The Balaban J connectivity index is 1.54. The van der Waals surface area contributed by atoms with E-state index in [0.29, 0.717) is 17.8 Å². The van der Waals surface area contributed by atoms with Crippen molar-refractivity contribution >= 4 is 23.3 Å². The van der Waals surface area contributed by atoms with Crippen molar-refractivity contribution in [2.24, 2.45) is 0 Å². The molecule has 6 heteroatoms. The molecule has 0 unspecified atom stereocenters. The van der Waals surface area contributed by atoms with Crippen molar-refractivity contribution in [2.45, 2.75) is 6.92 Å². The highest BCUT2D eigenvalue weighted by molar-refractivity contribution is 5.95. The third kappa shape index (κ3) is 4.86. The Morgan fingerprint density at radius 1 is 1.11 bits per heavy atom. The number of rotatable bonds is 5. The van der Waals surface area contributed by atoms with E-state index >= 15 is 0 Å². The molecular formula is C21H26N3O3+. The summed E-state index contributed by atoms with van der Waals surface area (Å²) in [5, 5.41) is 2.94. The van der Waals surface area contributed by atoms with E-state index in [1.54, 1.807) is 12.1 Å². The number of carbonyl (C=O) groups excluding carboxylic acids is 2. The Labute approximate surface area is 159 Å². The number of hydrogen-bond donors (Lipinski definition) is 2. The lowest BCUT2D eigenvalue weighted by molar-refractivity contribution is -0.892. The molecule has 0 bridgehead atoms. The summed E-state index contributed by atoms with van der Waals surface area (Å²) >= 11 is 0. The summed E-state index contributed by atoms with van der Waals surface area (Å²) in [6, 6.07) is 15.5. The van der Waals surface area contributed by atoms with E-state index in [4.69, 9.17) is 4.74 Å². The van der Waals surface area contributed by atoms with Gasteiger partial charge in [0.05, 0.1) is 38.9 Å². The van der Waals surface area contributed by atoms with Gasteiger partial charge in [0.15, 0.2) is 6.54 Å². The SMILES string of the molecule is COC(=O)c1ccc(C)c(NC(=O)C[NH+]2CCN(c3ccccc3)CC2)c1. The largest absolute Gasteiger partial charge is 0.465 e. The van der Waals surface area contributed by atoms with Crippen molar-refractivity contribution in [1.29, 1.82) is 0 Å². The van der Waals surface area contributed by atoms with Crippen LogP contribution in [-0.2, 0) is 9.53 Å². The number of nitrogens with zero attached hydrogens (tertiary/aromatic N) is 1. The Morgan fingerprint density at radius 3 is 2.48 bits per heavy atom. The molecule has 27 heavy (non-hydrogen) atoms. The van der Waals surface area contributed by atoms with Gasteiger partial charge in [0, 0.05) is 11.4 Å². The van der Waals surface area contributed by atoms with Gasteiger partial charge in [-0.05, 0) is 36.8 Å². The quantitative estimate of drug-likeness (QED) is 0.777. The maximum atomic E-state index is 12.5. The molecule has 1 aliphatic heterocycles. The molecular weight excluding hydrogens is 342 g/mol. The van der Waals surface area contributed by atoms with Gasteiger partial charge in [-0.2, -0.15) is 0 Å². The topological polar surface area (TPSA) is 63.1 Å². The van der Waals surface area contributed by atoms with E-state index in [2.05, 4.69) is 22.3 Å². The summed E-state index contributed by atoms with van der Waals surface area (Å²) in [5.74, 6) is -0.448. The zero-order valence-corrected chi connectivity index (χ0v) is 15.8. The molecule has 2 aromatic carbocycles. The number of piperazine rings is 1. The predicted octanol–water partition coefficient (Wildman–Crippen LogP) is 1.13. The maximum Gasteiger partial charge on any atom is 0.337 e. The molecule has 1 fully saturated rings. The molecule has 3 rings (SSSR count). The second-order valence-electron chi connectivity index (χ2n) is 6.82. The van der Waals surface area contributed by atoms with Gasteiger partial charge in [-0.1, -0.05) is 24.3 Å². The van der Waals surface area contributed by atoms with Crippen molar-refractivity contribution in [2.75, 3.05) is 50.1 Å². The van der Waals surface area contributed by atoms with Crippen LogP contribution in [0.4, 0.5) is 11.4 Å². The second kappa shape index (κ2) is 8.68. The van der Waals surface area contributed by atoms with Crippen LogP contribution in [0.2, 0.25) is 0 Å². The Kier molecular flexibility index (Phi) is 6.08. The van der Waals surface area contributed by atoms with Crippen molar-refractivity contribution in [3.63, 3.8) is 0 Å². The van der Waals surface area contributed by atoms with Crippen LogP contribution in [0.5, 0.6) is 0 Å². The molecule has 1 heterocycles. The van der Waals surface area contributed by atoms with Crippen molar-refractivity contribution < 1.29 is 19.2 Å². The number of benzene rings is 2. The van der Waals surface area contributed by atoms with Crippen LogP contribution in [0.25, 0.3) is 0 Å². The number of quaternary nitrogens is 1. The van der Waals surface area contributed by atoms with Crippen LogP contribution >= 0.6 is 0 Å². The highest BCUT2D eigenvalue weighted by atomic mass is 16.5. The Bertz CT molecular complexity index is 800. The van der Waals surface area contributed by atoms with E-state index in [9.17, 15) is 9.59 Å². The maximum absolute atomic E-state index is 12.5. The first-order valence-electron chi connectivity index (χ1n) is 9.19. The minimum absolute atomic E-state index is 0.0386. The van der Waals surface area contributed by atoms with Gasteiger partial charge >= 0.3 is 5.97 Å². The number of esters is 1. The Hall–Kier alpha value is -2.86. The van der Waals surface area contributed by atoms with E-state index in [1.807, 2.05) is 31.2 Å². The number of para-hydroxylation sites is 1. The normalized spacial score (nSPS) is 14.7. The third-order valence-electron chi connectivity index (χ3n) is 4.94. The summed E-state index contributed by atoms with van der Waals surface area (Å²) in [4.78, 5) is 27.8. The van der Waals surface area contributed by atoms with Crippen LogP contribution in [0.15, 0.2) is 48.5 Å². The van der Waals surface area contributed by atoms with Gasteiger partial charge < -0.3 is 19.9 Å². The van der Waals surface area contributed by atoms with E-state index < -0.39 is 5.97 Å². The van der Waals surface area contributed by atoms with Crippen LogP contribution in [0.3, 0.4) is 0 Å². The molecule has 0 aromatic heterocycles. The number of carbonyl (C=O) groups is 2. The molecule has 0 atom stereocenters. The van der Waals surface area contributed by atoms with Gasteiger partial charge in [-0.3, -0.25) is 4.79 Å².